The summed E-state index contributed by atoms with van der Waals surface area (Å²) in [7, 11) is -4.49. The number of benzene rings is 1. The van der Waals surface area contributed by atoms with E-state index < -0.39 is 55.2 Å². The van der Waals surface area contributed by atoms with Crippen LogP contribution in [0.5, 0.6) is 0 Å². The fourth-order valence-corrected chi connectivity index (χ4v) is 6.83. The van der Waals surface area contributed by atoms with Crippen molar-refractivity contribution in [2.75, 3.05) is 6.61 Å². The van der Waals surface area contributed by atoms with Crippen LogP contribution in [0.25, 0.3) is 11.1 Å². The van der Waals surface area contributed by atoms with Crippen LogP contribution in [0.4, 0.5) is 13.2 Å². The Morgan fingerprint density at radius 1 is 1.31 bits per heavy atom. The van der Waals surface area contributed by atoms with Gasteiger partial charge in [0.15, 0.2) is 9.84 Å². The molecule has 2 fully saturated rings. The molecular weight excluding hydrogens is 499 g/mol. The molecule has 2 aliphatic rings. The van der Waals surface area contributed by atoms with E-state index in [1.165, 1.54) is 6.07 Å². The molecule has 1 N–H and O–H groups in total. The molecule has 1 aromatic carbocycles. The van der Waals surface area contributed by atoms with Crippen LogP contribution in [0.3, 0.4) is 0 Å². The topological polar surface area (TPSA) is 122 Å². The lowest BCUT2D eigenvalue weighted by Crippen LogP contribution is -2.42. The van der Waals surface area contributed by atoms with Gasteiger partial charge in [0.2, 0.25) is 5.91 Å². The second-order valence-corrected chi connectivity index (χ2v) is 11.5. The first kappa shape index (κ1) is 26.2. The maximum Gasteiger partial charge on any atom is 0.417 e. The zero-order valence-corrected chi connectivity index (χ0v) is 20.8. The lowest BCUT2D eigenvalue weighted by molar-refractivity contribution is -0.139. The summed E-state index contributed by atoms with van der Waals surface area (Å²) in [6.45, 7) is 5.02. The second kappa shape index (κ2) is 9.19. The van der Waals surface area contributed by atoms with Gasteiger partial charge in [-0.15, -0.1) is 0 Å². The van der Waals surface area contributed by atoms with E-state index >= 15 is 0 Å². The number of nitrogens with one attached hydrogen (secondary N) is 1. The minimum Gasteiger partial charge on any atom is -0.378 e. The van der Waals surface area contributed by atoms with Crippen molar-refractivity contribution in [1.29, 1.82) is 5.26 Å². The predicted molar refractivity (Wildman–Crippen MR) is 121 cm³/mol. The number of nitriles is 1. The maximum absolute atomic E-state index is 14.1. The van der Waals surface area contributed by atoms with Gasteiger partial charge in [-0.2, -0.15) is 18.4 Å². The summed E-state index contributed by atoms with van der Waals surface area (Å²) in [5, 5.41) is 14.4. The monoisotopic (exact) mass is 525 g/mol. The van der Waals surface area contributed by atoms with Crippen LogP contribution in [-0.2, 0) is 25.5 Å². The van der Waals surface area contributed by atoms with E-state index in [-0.39, 0.29) is 25.0 Å². The van der Waals surface area contributed by atoms with E-state index in [9.17, 15) is 31.6 Å². The second-order valence-electron chi connectivity index (χ2n) is 9.33. The minimum absolute atomic E-state index is 0.128. The van der Waals surface area contributed by atoms with Crippen molar-refractivity contribution in [1.82, 2.24) is 10.5 Å². The molecule has 0 saturated heterocycles. The third-order valence-corrected chi connectivity index (χ3v) is 9.09. The van der Waals surface area contributed by atoms with Crippen LogP contribution < -0.4 is 5.32 Å². The summed E-state index contributed by atoms with van der Waals surface area (Å²) < 4.78 is 80.0. The van der Waals surface area contributed by atoms with Crippen LogP contribution in [0.1, 0.15) is 49.6 Å². The van der Waals surface area contributed by atoms with Gasteiger partial charge in [0.1, 0.15) is 11.3 Å². The van der Waals surface area contributed by atoms with Crippen molar-refractivity contribution in [3.63, 3.8) is 0 Å². The molecule has 4 rings (SSSR count). The lowest BCUT2D eigenvalue weighted by Gasteiger charge is -2.20. The van der Waals surface area contributed by atoms with E-state index in [4.69, 9.17) is 9.26 Å². The molecule has 0 bridgehead atoms. The quantitative estimate of drug-likeness (QED) is 0.577. The predicted octanol–water partition coefficient (Wildman–Crippen LogP) is 4.11. The molecular formula is C24H26F3N3O5S. The largest absolute Gasteiger partial charge is 0.417 e. The van der Waals surface area contributed by atoms with Crippen molar-refractivity contribution >= 4 is 15.7 Å². The van der Waals surface area contributed by atoms with Crippen molar-refractivity contribution in [3.05, 3.63) is 35.2 Å². The number of ether oxygens (including phenoxy) is 1. The fourth-order valence-electron chi connectivity index (χ4n) is 4.83. The van der Waals surface area contributed by atoms with Crippen LogP contribution in [0, 0.1) is 31.1 Å². The number of halogens is 3. The van der Waals surface area contributed by atoms with E-state index in [0.717, 1.165) is 12.1 Å². The molecule has 1 amide bonds. The molecule has 2 saturated carbocycles. The van der Waals surface area contributed by atoms with E-state index in [1.54, 1.807) is 20.8 Å². The maximum atomic E-state index is 14.1. The first-order valence-electron chi connectivity index (χ1n) is 11.6. The van der Waals surface area contributed by atoms with Gasteiger partial charge in [0, 0.05) is 12.2 Å². The summed E-state index contributed by atoms with van der Waals surface area (Å²) in [5.41, 5.74) is -1.36. The molecule has 1 heterocycles. The number of aryl methyl sites for hydroxylation is 2. The SMILES string of the molecule is CCOC1CC(S(=O)(=O)c2ccc(-c3c(C)noc3C)cc2C(F)(F)F)CC1C(=O)NC1(C#N)CC1. The van der Waals surface area contributed by atoms with Crippen molar-refractivity contribution in [3.8, 4) is 17.2 Å². The zero-order valence-electron chi connectivity index (χ0n) is 20.0. The Bertz CT molecular complexity index is 1310. The molecule has 3 atom stereocenters. The number of sulfone groups is 1. The first-order chi connectivity index (χ1) is 16.8. The highest BCUT2D eigenvalue weighted by Crippen LogP contribution is 2.43. The zero-order chi connectivity index (χ0) is 26.5. The summed E-state index contributed by atoms with van der Waals surface area (Å²) in [4.78, 5) is 12.0. The van der Waals surface area contributed by atoms with Gasteiger partial charge in [-0.25, -0.2) is 8.42 Å². The molecule has 36 heavy (non-hydrogen) atoms. The summed E-state index contributed by atoms with van der Waals surface area (Å²) in [5.74, 6) is -1.10. The summed E-state index contributed by atoms with van der Waals surface area (Å²) >= 11 is 0. The van der Waals surface area contributed by atoms with E-state index in [0.29, 0.717) is 29.9 Å². The van der Waals surface area contributed by atoms with Gasteiger partial charge in [-0.1, -0.05) is 11.2 Å². The molecule has 0 spiro atoms. The average molecular weight is 526 g/mol. The van der Waals surface area contributed by atoms with Gasteiger partial charge < -0.3 is 14.6 Å². The summed E-state index contributed by atoms with van der Waals surface area (Å²) in [6, 6.07) is 5.10. The number of hydrogen-bond donors (Lipinski definition) is 1. The minimum atomic E-state index is -4.95. The Hall–Kier alpha value is -2.91. The highest BCUT2D eigenvalue weighted by molar-refractivity contribution is 7.92. The van der Waals surface area contributed by atoms with Gasteiger partial charge in [0.05, 0.1) is 39.5 Å². The number of hydrogen-bond acceptors (Lipinski definition) is 7. The third kappa shape index (κ3) is 4.74. The normalized spacial score (nSPS) is 23.3. The Morgan fingerprint density at radius 3 is 2.53 bits per heavy atom. The molecule has 0 radical (unpaired) electrons. The molecule has 2 aliphatic carbocycles. The molecule has 0 aliphatic heterocycles. The van der Waals surface area contributed by atoms with Gasteiger partial charge in [-0.05, 0) is 64.2 Å². The molecule has 12 heteroatoms. The number of alkyl halides is 3. The van der Waals surface area contributed by atoms with Gasteiger partial charge >= 0.3 is 6.18 Å². The van der Waals surface area contributed by atoms with E-state index in [1.807, 2.05) is 6.07 Å². The smallest absolute Gasteiger partial charge is 0.378 e. The van der Waals surface area contributed by atoms with Crippen LogP contribution >= 0.6 is 0 Å². The average Bonchev–Trinajstić information content (AvgIpc) is 3.31. The van der Waals surface area contributed by atoms with Crippen LogP contribution in [-0.4, -0.2) is 43.0 Å². The lowest BCUT2D eigenvalue weighted by atomic mass is 10.0. The Labute approximate surface area is 206 Å². The summed E-state index contributed by atoms with van der Waals surface area (Å²) in [6.07, 6.45) is -5.08. The van der Waals surface area contributed by atoms with Crippen LogP contribution in [0.15, 0.2) is 27.6 Å². The highest BCUT2D eigenvalue weighted by atomic mass is 32.2. The number of nitrogens with zero attached hydrogens (tertiary/aromatic N) is 2. The van der Waals surface area contributed by atoms with Crippen molar-refractivity contribution in [2.45, 2.75) is 74.4 Å². The Balaban J connectivity index is 1.69. The number of carbonyl (C=O) groups excluding carboxylic acids is 1. The Kier molecular flexibility index (Phi) is 6.68. The third-order valence-electron chi connectivity index (χ3n) is 6.86. The van der Waals surface area contributed by atoms with Gasteiger partial charge in [0.25, 0.3) is 0 Å². The van der Waals surface area contributed by atoms with E-state index in [2.05, 4.69) is 10.5 Å². The van der Waals surface area contributed by atoms with Crippen LogP contribution in [0.2, 0.25) is 0 Å². The molecule has 8 nitrogen and oxygen atoms in total. The fraction of sp³-hybridized carbons (Fsp3) is 0.542. The first-order valence-corrected chi connectivity index (χ1v) is 13.1. The molecule has 1 aromatic heterocycles. The number of rotatable bonds is 7. The molecule has 2 aromatic rings. The molecule has 194 valence electrons. The van der Waals surface area contributed by atoms with Gasteiger partial charge in [-0.3, -0.25) is 4.79 Å². The number of aromatic nitrogens is 1. The van der Waals surface area contributed by atoms with Crippen molar-refractivity contribution < 1.29 is 35.6 Å². The van der Waals surface area contributed by atoms with Crippen molar-refractivity contribution in [2.24, 2.45) is 5.92 Å². The Morgan fingerprint density at radius 2 is 2.00 bits per heavy atom. The number of carbonyl (C=O) groups is 1. The standard InChI is InChI=1S/C24H26F3N3O5S/c1-4-34-19-11-16(10-17(19)22(31)29-23(12-28)7-8-23)36(32,33)20-6-5-15(9-18(20)24(25,26)27)21-13(2)30-35-14(21)3/h5-6,9,16-17,19H,4,7-8,10-11H2,1-3H3,(H,29,31). The highest BCUT2D eigenvalue weighted by Gasteiger charge is 2.51. The molecule has 3 unspecified atom stereocenters. The number of amides is 1.